The van der Waals surface area contributed by atoms with Crippen LogP contribution in [0.15, 0.2) is 10.2 Å². The summed E-state index contributed by atoms with van der Waals surface area (Å²) in [4.78, 5) is 18.8. The number of rotatable bonds is 2. The summed E-state index contributed by atoms with van der Waals surface area (Å²) in [6.45, 7) is 0.993. The van der Waals surface area contributed by atoms with Gasteiger partial charge in [0.05, 0.1) is 22.4 Å². The lowest BCUT2D eigenvalue weighted by molar-refractivity contribution is -0.0630. The minimum Gasteiger partial charge on any atom is -0.394 e. The Kier molecular flexibility index (Phi) is 3.26. The van der Waals surface area contributed by atoms with Gasteiger partial charge in [-0.15, -0.1) is 11.3 Å². The number of nitrogens with zero attached hydrogens (tertiary/aromatic N) is 1. The van der Waals surface area contributed by atoms with Crippen LogP contribution in [0.3, 0.4) is 0 Å². The largest absolute Gasteiger partial charge is 0.394 e. The fourth-order valence-corrected chi connectivity index (χ4v) is 3.70. The van der Waals surface area contributed by atoms with E-state index < -0.39 is 30.5 Å². The molecule has 9 heteroatoms. The lowest BCUT2D eigenvalue weighted by Crippen LogP contribution is -2.42. The number of thiophene rings is 1. The first-order chi connectivity index (χ1) is 9.86. The van der Waals surface area contributed by atoms with Gasteiger partial charge in [0.15, 0.2) is 0 Å². The van der Waals surface area contributed by atoms with Crippen molar-refractivity contribution in [2.75, 3.05) is 12.3 Å². The SMILES string of the molecule is C[C@]1(O)C(c2scc3c(=O)[nH]c(N)nc23)O[C@H](CO)[C@H]1O. The second-order valence-electron chi connectivity index (χ2n) is 5.22. The van der Waals surface area contributed by atoms with Crippen LogP contribution in [0.25, 0.3) is 10.9 Å². The van der Waals surface area contributed by atoms with Gasteiger partial charge in [0.2, 0.25) is 5.95 Å². The van der Waals surface area contributed by atoms with E-state index in [1.807, 2.05) is 0 Å². The number of aromatic amines is 1. The Labute approximate surface area is 122 Å². The molecule has 1 aliphatic rings. The van der Waals surface area contributed by atoms with Crippen LogP contribution in [0, 0.1) is 0 Å². The van der Waals surface area contributed by atoms with Crippen LogP contribution in [0.1, 0.15) is 17.9 Å². The number of ether oxygens (including phenoxy) is 1. The second kappa shape index (κ2) is 4.75. The van der Waals surface area contributed by atoms with Crippen molar-refractivity contribution in [2.45, 2.75) is 30.8 Å². The van der Waals surface area contributed by atoms with Crippen LogP contribution in [0.4, 0.5) is 5.95 Å². The Morgan fingerprint density at radius 2 is 2.33 bits per heavy atom. The summed E-state index contributed by atoms with van der Waals surface area (Å²) in [6, 6.07) is 0. The third kappa shape index (κ3) is 2.05. The topological polar surface area (TPSA) is 142 Å². The number of hydrogen-bond acceptors (Lipinski definition) is 8. The molecule has 0 aliphatic carbocycles. The molecule has 21 heavy (non-hydrogen) atoms. The molecule has 1 aliphatic heterocycles. The van der Waals surface area contributed by atoms with E-state index in [-0.39, 0.29) is 11.5 Å². The Morgan fingerprint density at radius 1 is 1.62 bits per heavy atom. The van der Waals surface area contributed by atoms with Gasteiger partial charge >= 0.3 is 0 Å². The van der Waals surface area contributed by atoms with Crippen molar-refractivity contribution < 1.29 is 20.1 Å². The van der Waals surface area contributed by atoms with Crippen LogP contribution in [-0.2, 0) is 4.74 Å². The molecule has 1 unspecified atom stereocenters. The van der Waals surface area contributed by atoms with E-state index in [0.29, 0.717) is 15.8 Å². The molecule has 0 spiro atoms. The summed E-state index contributed by atoms with van der Waals surface area (Å²) in [5.74, 6) is -0.0379. The normalized spacial score (nSPS) is 32.9. The van der Waals surface area contributed by atoms with Crippen LogP contribution >= 0.6 is 11.3 Å². The number of nitrogens with two attached hydrogens (primary N) is 1. The Balaban J connectivity index is 2.15. The highest BCUT2D eigenvalue weighted by Crippen LogP contribution is 2.45. The Morgan fingerprint density at radius 3 is 2.95 bits per heavy atom. The maximum Gasteiger partial charge on any atom is 0.261 e. The van der Waals surface area contributed by atoms with Crippen molar-refractivity contribution in [3.05, 3.63) is 20.6 Å². The summed E-state index contributed by atoms with van der Waals surface area (Å²) >= 11 is 1.18. The summed E-state index contributed by atoms with van der Waals surface area (Å²) in [5, 5.41) is 31.6. The quantitative estimate of drug-likeness (QED) is 0.484. The lowest BCUT2D eigenvalue weighted by Gasteiger charge is -2.25. The van der Waals surface area contributed by atoms with Gasteiger partial charge in [-0.25, -0.2) is 4.98 Å². The first-order valence-corrected chi connectivity index (χ1v) is 7.18. The third-order valence-electron chi connectivity index (χ3n) is 3.72. The number of aliphatic hydroxyl groups excluding tert-OH is 2. The zero-order chi connectivity index (χ0) is 15.4. The van der Waals surface area contributed by atoms with Crippen LogP contribution < -0.4 is 11.3 Å². The molecule has 2 aromatic rings. The number of anilines is 1. The molecule has 1 saturated heterocycles. The molecule has 0 bridgehead atoms. The number of H-pyrrole nitrogens is 1. The summed E-state index contributed by atoms with van der Waals surface area (Å²) in [6.07, 6.45) is -3.05. The van der Waals surface area contributed by atoms with Gasteiger partial charge in [-0.3, -0.25) is 9.78 Å². The number of fused-ring (bicyclic) bond motifs is 1. The van der Waals surface area contributed by atoms with Crippen molar-refractivity contribution in [3.63, 3.8) is 0 Å². The highest BCUT2D eigenvalue weighted by atomic mass is 32.1. The van der Waals surface area contributed by atoms with Gasteiger partial charge < -0.3 is 25.8 Å². The van der Waals surface area contributed by atoms with Crippen molar-refractivity contribution in [3.8, 4) is 0 Å². The van der Waals surface area contributed by atoms with Gasteiger partial charge in [-0.1, -0.05) is 0 Å². The number of hydrogen-bond donors (Lipinski definition) is 5. The molecular weight excluding hydrogens is 298 g/mol. The standard InChI is InChI=1S/C12H15N3O5S/c1-12(19)8(17)5(2-16)20-9(12)7-6-4(3-21-7)10(18)15-11(13)14-6/h3,5,8-9,16-17,19H,2H2,1H3,(H3,13,14,15,18)/t5-,8-,9?,12-/m1/s1. The number of nitrogens with one attached hydrogen (secondary N) is 1. The molecule has 0 radical (unpaired) electrons. The molecule has 8 nitrogen and oxygen atoms in total. The van der Waals surface area contributed by atoms with E-state index in [0.717, 1.165) is 0 Å². The van der Waals surface area contributed by atoms with E-state index >= 15 is 0 Å². The number of aliphatic hydroxyl groups is 3. The highest BCUT2D eigenvalue weighted by molar-refractivity contribution is 7.11. The predicted molar refractivity (Wildman–Crippen MR) is 76.0 cm³/mol. The van der Waals surface area contributed by atoms with Crippen LogP contribution in [-0.4, -0.2) is 49.7 Å². The van der Waals surface area contributed by atoms with Gasteiger partial charge in [-0.05, 0) is 6.92 Å². The average molecular weight is 313 g/mol. The Hall–Kier alpha value is -1.52. The molecule has 0 saturated carbocycles. The third-order valence-corrected chi connectivity index (χ3v) is 4.74. The van der Waals surface area contributed by atoms with Gasteiger partial charge in [0, 0.05) is 5.38 Å². The molecule has 2 aromatic heterocycles. The minimum atomic E-state index is -1.61. The first-order valence-electron chi connectivity index (χ1n) is 6.30. The minimum absolute atomic E-state index is 0.0379. The second-order valence-corrected chi connectivity index (χ2v) is 6.13. The van der Waals surface area contributed by atoms with E-state index in [4.69, 9.17) is 10.5 Å². The Bertz CT molecular complexity index is 740. The van der Waals surface area contributed by atoms with Crippen molar-refractivity contribution >= 4 is 28.2 Å². The fraction of sp³-hybridized carbons (Fsp3) is 0.500. The molecule has 114 valence electrons. The zero-order valence-corrected chi connectivity index (χ0v) is 11.9. The number of nitrogen functional groups attached to an aromatic ring is 1. The molecule has 4 atom stereocenters. The number of aromatic nitrogens is 2. The van der Waals surface area contributed by atoms with Gasteiger partial charge in [0.25, 0.3) is 5.56 Å². The summed E-state index contributed by atoms with van der Waals surface area (Å²) in [7, 11) is 0. The van der Waals surface area contributed by atoms with Crippen LogP contribution in [0.5, 0.6) is 0 Å². The zero-order valence-electron chi connectivity index (χ0n) is 11.1. The molecule has 6 N–H and O–H groups in total. The maximum atomic E-state index is 11.8. The van der Waals surface area contributed by atoms with E-state index in [9.17, 15) is 20.1 Å². The average Bonchev–Trinajstić information content (AvgIpc) is 2.91. The van der Waals surface area contributed by atoms with Crippen LogP contribution in [0.2, 0.25) is 0 Å². The maximum absolute atomic E-state index is 11.8. The van der Waals surface area contributed by atoms with Crippen molar-refractivity contribution in [1.29, 1.82) is 0 Å². The molecule has 0 aromatic carbocycles. The molecule has 1 fully saturated rings. The molecule has 3 rings (SSSR count). The monoisotopic (exact) mass is 313 g/mol. The molecular formula is C12H15N3O5S. The smallest absolute Gasteiger partial charge is 0.261 e. The van der Waals surface area contributed by atoms with Crippen molar-refractivity contribution in [1.82, 2.24) is 9.97 Å². The summed E-state index contributed by atoms with van der Waals surface area (Å²) < 4.78 is 5.54. The van der Waals surface area contributed by atoms with E-state index in [1.165, 1.54) is 18.3 Å². The summed E-state index contributed by atoms with van der Waals surface area (Å²) in [5.41, 5.74) is 3.89. The van der Waals surface area contributed by atoms with Gasteiger partial charge in [-0.2, -0.15) is 0 Å². The van der Waals surface area contributed by atoms with E-state index in [1.54, 1.807) is 5.38 Å². The fourth-order valence-electron chi connectivity index (χ4n) is 2.55. The first kappa shape index (κ1) is 14.4. The highest BCUT2D eigenvalue weighted by Gasteiger charge is 2.53. The van der Waals surface area contributed by atoms with Crippen molar-refractivity contribution in [2.24, 2.45) is 0 Å². The predicted octanol–water partition coefficient (Wildman–Crippen LogP) is -0.889. The lowest BCUT2D eigenvalue weighted by atomic mass is 9.92. The molecule has 0 amide bonds. The van der Waals surface area contributed by atoms with E-state index in [2.05, 4.69) is 9.97 Å². The van der Waals surface area contributed by atoms with Gasteiger partial charge in [0.1, 0.15) is 23.9 Å². The molecule has 3 heterocycles.